The van der Waals surface area contributed by atoms with E-state index in [9.17, 15) is 21.2 Å². The molecule has 13 rings (SSSR count). The number of nitrogens with zero attached hydrogens (tertiary/aromatic N) is 11. The normalized spacial score (nSPS) is 11.5. The van der Waals surface area contributed by atoms with E-state index in [2.05, 4.69) is 183 Å². The second-order valence-corrected chi connectivity index (χ2v) is 40.3. The molecule has 28 nitrogen and oxygen atoms in total. The first-order chi connectivity index (χ1) is 55.8. The first-order valence-electron chi connectivity index (χ1n) is 39.7. The molecule has 0 atom stereocenters. The predicted molar refractivity (Wildman–Crippen MR) is 525 cm³/mol. The van der Waals surface area contributed by atoms with Crippen LogP contribution in [0.5, 0.6) is 0 Å². The van der Waals surface area contributed by atoms with Crippen molar-refractivity contribution in [1.82, 2.24) is 70.0 Å². The highest BCUT2D eigenvalue weighted by molar-refractivity contribution is 7.91. The van der Waals surface area contributed by atoms with Crippen LogP contribution in [-0.2, 0) is 19.7 Å². The number of aromatic amines is 3. The van der Waals surface area contributed by atoms with Crippen LogP contribution in [0.3, 0.4) is 0 Å². The van der Waals surface area contributed by atoms with Gasteiger partial charge in [0.2, 0.25) is 29.7 Å². The number of aromatic nitrogens is 14. The van der Waals surface area contributed by atoms with Crippen molar-refractivity contribution in [3.05, 3.63) is 191 Å². The lowest BCUT2D eigenvalue weighted by Gasteiger charge is -2.21. The molecule has 0 aliphatic rings. The van der Waals surface area contributed by atoms with Gasteiger partial charge in [0.15, 0.2) is 19.7 Å². The summed E-state index contributed by atoms with van der Waals surface area (Å²) in [4.78, 5) is 51.1. The minimum absolute atomic E-state index is 0. The molecule has 678 valence electrons. The SMILES string of the molecule is C.C.C.C.C.CCS(=O)(=O)c1cc(Nc2nc(NC(C)(C)C)ncc2C)ccc1C.Cc1ccc(Nc2nc(NC(C)(C)C)ncc2C)cc1S(=O)(=O)CC(C)(C)C.Cc1cnc(NC(C)(C)C)nc1Nc1ccc(F)c2[nH]ccc12.Cc1cnc(NC(C)(C)C)nc1Nc1ccc2[nH]ccc2c1.Cc1cnc(NC(C)(C)C)nc1Nc1cccc2[nH]ncc12. The van der Waals surface area contributed by atoms with Crippen LogP contribution >= 0.6 is 0 Å². The fourth-order valence-electron chi connectivity index (χ4n) is 11.8. The third kappa shape index (κ3) is 31.6. The second kappa shape index (κ2) is 43.0. The summed E-state index contributed by atoms with van der Waals surface area (Å²) < 4.78 is 64.0. The highest BCUT2D eigenvalue weighted by Crippen LogP contribution is 2.34. The summed E-state index contributed by atoms with van der Waals surface area (Å²) in [6, 6.07) is 29.9. The molecule has 0 bridgehead atoms. The van der Waals surface area contributed by atoms with Crippen molar-refractivity contribution in [3.63, 3.8) is 0 Å². The standard InChI is InChI=1S/C21H32N4O2S.C18H26N4O2S.C17H20FN5.C17H21N5.C16H20N6.5CH4/c1-14-9-10-16(11-17(14)28(26,27)13-20(3,4)5)23-18-15(2)12-22-19(24-18)25-21(6,7)8;1-7-25(23,24)15-10-14(9-8-12(15)2)20-16-13(3)11-19-17(21-16)22-18(4,5)6;1-10-9-20-16(23-17(2,3)4)22-15(10)21-13-6-5-12(18)14-11(13)7-8-19-14;1-11-10-19-16(22-17(2,3)4)21-15(11)20-13-5-6-14-12(9-13)7-8-18-14;1-10-8-17-15(21-16(2,3)4)20-14(10)19-12-6-5-7-13-11(12)9-18-22-13;;;;;/h9-12H,13H2,1-8H3,(H2,22,23,24,25);8-11H,7H2,1-6H3,(H2,19,20,21,22);5-9,19H,1-4H3,(H2,20,21,22,23);5-10,18H,1-4H3,(H2,19,20,21,22);5-9H,1-4H3,(H,18,22)(H2,17,19,20,21);5*1H4. The van der Waals surface area contributed by atoms with E-state index in [1.54, 1.807) is 62.9 Å². The van der Waals surface area contributed by atoms with Crippen molar-refractivity contribution in [2.24, 2.45) is 5.41 Å². The van der Waals surface area contributed by atoms with E-state index in [1.165, 1.54) is 11.5 Å². The van der Waals surface area contributed by atoms with Crippen LogP contribution in [0.25, 0.3) is 32.7 Å². The average molecular weight is 1750 g/mol. The van der Waals surface area contributed by atoms with Crippen LogP contribution in [0.4, 0.5) is 91.7 Å². The van der Waals surface area contributed by atoms with E-state index in [-0.39, 0.29) is 87.6 Å². The van der Waals surface area contributed by atoms with Gasteiger partial charge in [-0.3, -0.25) is 5.10 Å². The van der Waals surface area contributed by atoms with Gasteiger partial charge in [-0.1, -0.05) is 83.0 Å². The molecule has 0 aliphatic carbocycles. The third-order valence-corrected chi connectivity index (χ3v) is 21.6. The van der Waals surface area contributed by atoms with Crippen molar-refractivity contribution in [3.8, 4) is 0 Å². The highest BCUT2D eigenvalue weighted by Gasteiger charge is 2.27. The number of sulfone groups is 2. The van der Waals surface area contributed by atoms with Crippen molar-refractivity contribution in [2.75, 3.05) is 64.7 Å². The summed E-state index contributed by atoms with van der Waals surface area (Å²) in [6.45, 7) is 51.6. The molecule has 0 amide bonds. The third-order valence-electron chi connectivity index (χ3n) is 17.3. The minimum Gasteiger partial charge on any atom is -0.361 e. The quantitative estimate of drug-likeness (QED) is 0.0358. The van der Waals surface area contributed by atoms with Gasteiger partial charge in [-0.2, -0.15) is 30.0 Å². The molecule has 0 spiro atoms. The van der Waals surface area contributed by atoms with Crippen LogP contribution in [-0.4, -0.2) is 126 Å². The van der Waals surface area contributed by atoms with Crippen molar-refractivity contribution < 1.29 is 21.2 Å². The molecule has 0 radical (unpaired) electrons. The molecule has 13 aromatic rings. The van der Waals surface area contributed by atoms with Gasteiger partial charge in [-0.25, -0.2) is 46.1 Å². The maximum Gasteiger partial charge on any atom is 0.225 e. The van der Waals surface area contributed by atoms with E-state index >= 15 is 0 Å². The first kappa shape index (κ1) is 105. The van der Waals surface area contributed by atoms with Gasteiger partial charge in [0.25, 0.3) is 0 Å². The minimum atomic E-state index is -3.39. The molecule has 0 saturated heterocycles. The van der Waals surface area contributed by atoms with E-state index in [0.29, 0.717) is 73.9 Å². The van der Waals surface area contributed by atoms with Gasteiger partial charge in [0.1, 0.15) is 34.9 Å². The molecule has 5 aromatic carbocycles. The second-order valence-electron chi connectivity index (χ2n) is 36.1. The first-order valence-corrected chi connectivity index (χ1v) is 43.0. The van der Waals surface area contributed by atoms with E-state index in [4.69, 9.17) is 0 Å². The topological polar surface area (TPSA) is 378 Å². The molecule has 8 heterocycles. The van der Waals surface area contributed by atoms with E-state index in [1.807, 2.05) is 198 Å². The number of nitrogens with one attached hydrogen (secondary N) is 13. The van der Waals surface area contributed by atoms with Gasteiger partial charge in [0, 0.05) is 143 Å². The Balaban J connectivity index is 0.000000325. The van der Waals surface area contributed by atoms with E-state index in [0.717, 1.165) is 89.4 Å². The number of halogens is 1. The van der Waals surface area contributed by atoms with Gasteiger partial charge < -0.3 is 63.1 Å². The number of aryl methyl sites for hydroxylation is 7. The lowest BCUT2D eigenvalue weighted by Crippen LogP contribution is -2.27. The number of rotatable bonds is 19. The van der Waals surface area contributed by atoms with Crippen molar-refractivity contribution in [1.29, 1.82) is 0 Å². The van der Waals surface area contributed by atoms with Gasteiger partial charge in [-0.15, -0.1) is 0 Å². The largest absolute Gasteiger partial charge is 0.361 e. The zero-order valence-corrected chi connectivity index (χ0v) is 75.7. The lowest BCUT2D eigenvalue weighted by molar-refractivity contribution is 0.461. The number of hydrogen-bond acceptors (Lipinski definition) is 25. The number of fused-ring (bicyclic) bond motifs is 3. The number of anilines is 15. The molecule has 13 N–H and O–H groups in total. The summed E-state index contributed by atoms with van der Waals surface area (Å²) >= 11 is 0. The van der Waals surface area contributed by atoms with Gasteiger partial charge in [-0.05, 0) is 248 Å². The molecule has 8 aromatic heterocycles. The summed E-state index contributed by atoms with van der Waals surface area (Å²) in [5.41, 5.74) is 12.0. The van der Waals surface area contributed by atoms with Crippen LogP contribution in [0, 0.1) is 59.7 Å². The molecular formula is C94H139FN24O4S2. The Morgan fingerprint density at radius 1 is 0.360 bits per heavy atom. The summed E-state index contributed by atoms with van der Waals surface area (Å²) in [5.74, 6) is 6.32. The lowest BCUT2D eigenvalue weighted by atomic mass is 10.0. The Hall–Kier alpha value is -12.1. The molecular weight excluding hydrogens is 1610 g/mol. The Labute approximate surface area is 742 Å². The predicted octanol–water partition coefficient (Wildman–Crippen LogP) is 24.1. The summed E-state index contributed by atoms with van der Waals surface area (Å²) in [6.07, 6.45) is 14.4. The molecule has 0 unspecified atom stereocenters. The van der Waals surface area contributed by atoms with E-state index < -0.39 is 19.7 Å². The molecule has 0 aliphatic heterocycles. The fourth-order valence-corrected chi connectivity index (χ4v) is 15.1. The zero-order valence-electron chi connectivity index (χ0n) is 74.0. The fraction of sp³-hybridized carbons (Fsp3) is 0.415. The Bertz CT molecular complexity index is 5960. The van der Waals surface area contributed by atoms with Crippen LogP contribution < -0.4 is 53.2 Å². The average Bonchev–Trinajstić information content (AvgIpc) is 1.72. The number of benzene rings is 5. The smallest absolute Gasteiger partial charge is 0.225 e. The van der Waals surface area contributed by atoms with Gasteiger partial charge >= 0.3 is 0 Å². The molecule has 31 heteroatoms. The Morgan fingerprint density at radius 3 is 1.09 bits per heavy atom. The van der Waals surface area contributed by atoms with Crippen LogP contribution in [0.15, 0.2) is 156 Å². The summed E-state index contributed by atoms with van der Waals surface area (Å²) in [7, 11) is -6.66. The number of H-pyrrole nitrogens is 3. The zero-order chi connectivity index (χ0) is 88.3. The summed E-state index contributed by atoms with van der Waals surface area (Å²) in [5, 5.41) is 42.8. The molecule has 125 heavy (non-hydrogen) atoms. The van der Waals surface area contributed by atoms with Crippen LogP contribution in [0.2, 0.25) is 0 Å². The van der Waals surface area contributed by atoms with Crippen molar-refractivity contribution in [2.45, 2.75) is 255 Å². The molecule has 0 fully saturated rings. The van der Waals surface area contributed by atoms with Crippen LogP contribution in [0.1, 0.15) is 208 Å². The Kier molecular flexibility index (Phi) is 36.2. The Morgan fingerprint density at radius 2 is 0.712 bits per heavy atom. The monoisotopic (exact) mass is 1750 g/mol. The van der Waals surface area contributed by atoms with Crippen molar-refractivity contribution >= 4 is 140 Å². The molecule has 0 saturated carbocycles. The number of hydrogen-bond donors (Lipinski definition) is 13. The highest BCUT2D eigenvalue weighted by atomic mass is 32.2. The maximum atomic E-state index is 13.8. The van der Waals surface area contributed by atoms with Gasteiger partial charge in [0.05, 0.1) is 44.2 Å². The maximum absolute atomic E-state index is 13.8.